The van der Waals surface area contributed by atoms with E-state index < -0.39 is 12.6 Å². The third-order valence-corrected chi connectivity index (χ3v) is 4.44. The van der Waals surface area contributed by atoms with Crippen molar-refractivity contribution in [3.8, 4) is 11.5 Å². The highest BCUT2D eigenvalue weighted by atomic mass is 19.3. The fourth-order valence-electron chi connectivity index (χ4n) is 2.86. The molecule has 3 rings (SSSR count). The van der Waals surface area contributed by atoms with Gasteiger partial charge in [-0.1, -0.05) is 30.3 Å². The van der Waals surface area contributed by atoms with Gasteiger partial charge < -0.3 is 14.6 Å². The molecule has 1 aliphatic carbocycles. The predicted octanol–water partition coefficient (Wildman–Crippen LogP) is 4.49. The maximum absolute atomic E-state index is 12.6. The number of carboxylic acid groups (broad SMARTS) is 1. The monoisotopic (exact) mass is 376 g/mol. The zero-order chi connectivity index (χ0) is 19.2. The Bertz CT molecular complexity index is 788. The van der Waals surface area contributed by atoms with E-state index in [0.717, 1.165) is 29.5 Å². The van der Waals surface area contributed by atoms with Gasteiger partial charge in [0.05, 0.1) is 13.0 Å². The van der Waals surface area contributed by atoms with Crippen molar-refractivity contribution in [2.24, 2.45) is 5.92 Å². The summed E-state index contributed by atoms with van der Waals surface area (Å²) in [6.07, 6.45) is 3.61. The molecule has 0 spiro atoms. The summed E-state index contributed by atoms with van der Waals surface area (Å²) in [5.74, 6) is 0.0430. The minimum absolute atomic E-state index is 0.00728. The van der Waals surface area contributed by atoms with Gasteiger partial charge in [0.1, 0.15) is 0 Å². The van der Waals surface area contributed by atoms with E-state index in [1.165, 1.54) is 6.07 Å². The molecule has 27 heavy (non-hydrogen) atoms. The van der Waals surface area contributed by atoms with Crippen LogP contribution in [0.5, 0.6) is 11.5 Å². The molecule has 0 unspecified atom stereocenters. The first kappa shape index (κ1) is 19.1. The third-order valence-electron chi connectivity index (χ3n) is 4.44. The fourth-order valence-corrected chi connectivity index (χ4v) is 2.86. The molecule has 2 aromatic carbocycles. The number of hydrogen-bond donors (Lipinski definition) is 1. The van der Waals surface area contributed by atoms with Gasteiger partial charge in [0.25, 0.3) is 0 Å². The summed E-state index contributed by atoms with van der Waals surface area (Å²) in [5, 5.41) is 8.90. The minimum atomic E-state index is -2.89. The predicted molar refractivity (Wildman–Crippen MR) is 96.5 cm³/mol. The Hall–Kier alpha value is -2.63. The van der Waals surface area contributed by atoms with Crippen LogP contribution in [0.25, 0.3) is 0 Å². The average molecular weight is 376 g/mol. The Morgan fingerprint density at radius 2 is 1.74 bits per heavy atom. The number of hydrogen-bond acceptors (Lipinski definition) is 3. The number of benzene rings is 2. The maximum Gasteiger partial charge on any atom is 0.387 e. The lowest BCUT2D eigenvalue weighted by atomic mass is 10.0. The van der Waals surface area contributed by atoms with Crippen molar-refractivity contribution in [3.63, 3.8) is 0 Å². The Balaban J connectivity index is 1.66. The lowest BCUT2D eigenvalue weighted by molar-refractivity contribution is -0.136. The molecular formula is C21H22F2O4. The average Bonchev–Trinajstić information content (AvgIpc) is 3.43. The van der Waals surface area contributed by atoms with Crippen LogP contribution in [0.3, 0.4) is 0 Å². The smallest absolute Gasteiger partial charge is 0.387 e. The van der Waals surface area contributed by atoms with Crippen molar-refractivity contribution in [1.82, 2.24) is 0 Å². The number of aliphatic carboxylic acids is 1. The largest absolute Gasteiger partial charge is 0.489 e. The molecular weight excluding hydrogens is 354 g/mol. The molecule has 1 aliphatic rings. The summed E-state index contributed by atoms with van der Waals surface area (Å²) in [4.78, 5) is 10.8. The first-order chi connectivity index (χ1) is 13.0. The number of carbonyl (C=O) groups is 1. The minimum Gasteiger partial charge on any atom is -0.489 e. The van der Waals surface area contributed by atoms with Crippen LogP contribution in [0.15, 0.2) is 42.5 Å². The van der Waals surface area contributed by atoms with Gasteiger partial charge in [0.2, 0.25) is 0 Å². The van der Waals surface area contributed by atoms with Gasteiger partial charge >= 0.3 is 12.6 Å². The van der Waals surface area contributed by atoms with Crippen LogP contribution >= 0.6 is 0 Å². The van der Waals surface area contributed by atoms with E-state index in [1.54, 1.807) is 18.2 Å². The standard InChI is InChI=1S/C21H22F2O4/c22-21(23)27-18-9-8-15(11-19(18)26-13-16-6-7-16)5-4-14-2-1-3-17(10-14)12-20(24)25/h1-3,8-11,16,21H,4-7,12-13H2,(H,24,25). The van der Waals surface area contributed by atoms with E-state index in [0.29, 0.717) is 31.1 Å². The van der Waals surface area contributed by atoms with Crippen LogP contribution < -0.4 is 9.47 Å². The summed E-state index contributed by atoms with van der Waals surface area (Å²) < 4.78 is 35.4. The van der Waals surface area contributed by atoms with E-state index in [9.17, 15) is 13.6 Å². The van der Waals surface area contributed by atoms with Crippen LogP contribution in [0, 0.1) is 5.92 Å². The van der Waals surface area contributed by atoms with Gasteiger partial charge in [0, 0.05) is 0 Å². The molecule has 0 amide bonds. The quantitative estimate of drug-likeness (QED) is 0.664. The van der Waals surface area contributed by atoms with Crippen molar-refractivity contribution < 1.29 is 28.2 Å². The highest BCUT2D eigenvalue weighted by Gasteiger charge is 2.23. The normalized spacial score (nSPS) is 13.6. The molecule has 1 fully saturated rings. The topological polar surface area (TPSA) is 55.8 Å². The number of halogens is 2. The second-order valence-electron chi connectivity index (χ2n) is 6.80. The molecule has 1 saturated carbocycles. The van der Waals surface area contributed by atoms with Gasteiger partial charge in [0.15, 0.2) is 11.5 Å². The Labute approximate surface area is 156 Å². The summed E-state index contributed by atoms with van der Waals surface area (Å²) in [5.41, 5.74) is 2.74. The van der Waals surface area contributed by atoms with Crippen LogP contribution in [0.2, 0.25) is 0 Å². The Morgan fingerprint density at radius 1 is 1.04 bits per heavy atom. The summed E-state index contributed by atoms with van der Waals surface area (Å²) >= 11 is 0. The van der Waals surface area contributed by atoms with Gasteiger partial charge in [-0.2, -0.15) is 8.78 Å². The number of alkyl halides is 2. The van der Waals surface area contributed by atoms with E-state index in [2.05, 4.69) is 4.74 Å². The second-order valence-corrected chi connectivity index (χ2v) is 6.80. The van der Waals surface area contributed by atoms with Crippen LogP contribution in [-0.4, -0.2) is 24.3 Å². The zero-order valence-electron chi connectivity index (χ0n) is 14.9. The van der Waals surface area contributed by atoms with Gasteiger partial charge in [-0.05, 0) is 60.4 Å². The van der Waals surface area contributed by atoms with Crippen molar-refractivity contribution in [1.29, 1.82) is 0 Å². The highest BCUT2D eigenvalue weighted by Crippen LogP contribution is 2.34. The molecule has 0 saturated heterocycles. The zero-order valence-corrected chi connectivity index (χ0v) is 14.9. The molecule has 4 nitrogen and oxygen atoms in total. The first-order valence-electron chi connectivity index (χ1n) is 9.00. The highest BCUT2D eigenvalue weighted by molar-refractivity contribution is 5.70. The van der Waals surface area contributed by atoms with Gasteiger partial charge in [-0.25, -0.2) is 0 Å². The molecule has 0 radical (unpaired) electrons. The van der Waals surface area contributed by atoms with Crippen molar-refractivity contribution in [2.75, 3.05) is 6.61 Å². The van der Waals surface area contributed by atoms with E-state index in [4.69, 9.17) is 9.84 Å². The number of ether oxygens (including phenoxy) is 2. The second kappa shape index (κ2) is 8.84. The van der Waals surface area contributed by atoms with E-state index in [1.807, 2.05) is 18.2 Å². The molecule has 0 aromatic heterocycles. The van der Waals surface area contributed by atoms with Gasteiger partial charge in [-0.15, -0.1) is 0 Å². The van der Waals surface area contributed by atoms with Crippen LogP contribution in [0.1, 0.15) is 29.5 Å². The molecule has 0 atom stereocenters. The molecule has 2 aromatic rings. The van der Waals surface area contributed by atoms with Crippen LogP contribution in [-0.2, 0) is 24.1 Å². The van der Waals surface area contributed by atoms with Crippen molar-refractivity contribution >= 4 is 5.97 Å². The Kier molecular flexibility index (Phi) is 6.27. The molecule has 0 bridgehead atoms. The molecule has 144 valence electrons. The van der Waals surface area contributed by atoms with E-state index >= 15 is 0 Å². The molecule has 0 heterocycles. The number of carboxylic acids is 1. The number of aryl methyl sites for hydroxylation is 2. The van der Waals surface area contributed by atoms with Crippen LogP contribution in [0.4, 0.5) is 8.78 Å². The SMILES string of the molecule is O=C(O)Cc1cccc(CCc2ccc(OC(F)F)c(OCC3CC3)c2)c1. The summed E-state index contributed by atoms with van der Waals surface area (Å²) in [6.45, 7) is -2.38. The molecule has 1 N–H and O–H groups in total. The lowest BCUT2D eigenvalue weighted by Gasteiger charge is -2.14. The first-order valence-corrected chi connectivity index (χ1v) is 9.00. The molecule has 6 heteroatoms. The summed E-state index contributed by atoms with van der Waals surface area (Å²) in [6, 6.07) is 12.5. The fraction of sp³-hybridized carbons (Fsp3) is 0.381. The van der Waals surface area contributed by atoms with Crippen molar-refractivity contribution in [2.45, 2.75) is 38.7 Å². The molecule has 0 aliphatic heterocycles. The Morgan fingerprint density at radius 3 is 2.41 bits per heavy atom. The van der Waals surface area contributed by atoms with E-state index in [-0.39, 0.29) is 12.2 Å². The number of rotatable bonds is 10. The van der Waals surface area contributed by atoms with Crippen molar-refractivity contribution in [3.05, 3.63) is 59.2 Å². The lowest BCUT2D eigenvalue weighted by Crippen LogP contribution is -2.07. The third kappa shape index (κ3) is 6.24. The van der Waals surface area contributed by atoms with Gasteiger partial charge in [-0.3, -0.25) is 4.79 Å². The maximum atomic E-state index is 12.6. The summed E-state index contributed by atoms with van der Waals surface area (Å²) in [7, 11) is 0.